The highest BCUT2D eigenvalue weighted by molar-refractivity contribution is 9.09. The largest absolute Gasteiger partial charge is 0.497 e. The smallest absolute Gasteiger partial charge is 0.120 e. The van der Waals surface area contributed by atoms with Crippen molar-refractivity contribution in [3.8, 4) is 11.5 Å². The number of benzene rings is 2. The molecular formula is C17H18BrClO2. The van der Waals surface area contributed by atoms with Gasteiger partial charge in [0.05, 0.1) is 14.2 Å². The summed E-state index contributed by atoms with van der Waals surface area (Å²) >= 11 is 10.0. The lowest BCUT2D eigenvalue weighted by Gasteiger charge is -2.13. The van der Waals surface area contributed by atoms with Crippen molar-refractivity contribution < 1.29 is 9.47 Å². The average molecular weight is 370 g/mol. The lowest BCUT2D eigenvalue weighted by atomic mass is 10.0. The average Bonchev–Trinajstić information content (AvgIpc) is 2.52. The van der Waals surface area contributed by atoms with Crippen LogP contribution < -0.4 is 9.47 Å². The van der Waals surface area contributed by atoms with Crippen molar-refractivity contribution in [2.45, 2.75) is 17.7 Å². The number of rotatable bonds is 6. The van der Waals surface area contributed by atoms with Gasteiger partial charge in [-0.3, -0.25) is 0 Å². The number of ether oxygens (including phenoxy) is 2. The molecule has 1 unspecified atom stereocenters. The summed E-state index contributed by atoms with van der Waals surface area (Å²) in [5.74, 6) is 1.66. The Hall–Kier alpha value is -1.19. The Kier molecular flexibility index (Phi) is 5.95. The second-order valence-electron chi connectivity index (χ2n) is 4.74. The molecule has 112 valence electrons. The number of hydrogen-bond donors (Lipinski definition) is 0. The van der Waals surface area contributed by atoms with Crippen LogP contribution in [0.1, 0.15) is 22.4 Å². The van der Waals surface area contributed by atoms with Gasteiger partial charge in [0, 0.05) is 9.85 Å². The fourth-order valence-electron chi connectivity index (χ4n) is 2.13. The Bertz CT molecular complexity index is 584. The molecule has 0 N–H and O–H groups in total. The van der Waals surface area contributed by atoms with E-state index in [1.54, 1.807) is 14.2 Å². The van der Waals surface area contributed by atoms with Crippen molar-refractivity contribution >= 4 is 27.5 Å². The molecule has 0 aliphatic rings. The molecule has 2 rings (SSSR count). The molecule has 0 fully saturated rings. The summed E-state index contributed by atoms with van der Waals surface area (Å²) in [6.45, 7) is 0. The zero-order chi connectivity index (χ0) is 15.2. The zero-order valence-electron chi connectivity index (χ0n) is 12.1. The third kappa shape index (κ3) is 4.39. The molecule has 0 amide bonds. The van der Waals surface area contributed by atoms with Crippen LogP contribution in [-0.4, -0.2) is 14.2 Å². The molecule has 2 aromatic rings. The maximum absolute atomic E-state index is 6.30. The topological polar surface area (TPSA) is 18.5 Å². The lowest BCUT2D eigenvalue weighted by molar-refractivity contribution is 0.414. The van der Waals surface area contributed by atoms with Crippen molar-refractivity contribution in [2.24, 2.45) is 0 Å². The van der Waals surface area contributed by atoms with E-state index in [-0.39, 0.29) is 4.83 Å². The molecule has 2 nitrogen and oxygen atoms in total. The Labute approximate surface area is 139 Å². The predicted molar refractivity (Wildman–Crippen MR) is 91.0 cm³/mol. The van der Waals surface area contributed by atoms with Crippen LogP contribution in [-0.2, 0) is 6.42 Å². The van der Waals surface area contributed by atoms with Crippen LogP contribution in [0.3, 0.4) is 0 Å². The van der Waals surface area contributed by atoms with E-state index in [4.69, 9.17) is 21.1 Å². The minimum Gasteiger partial charge on any atom is -0.497 e. The fraction of sp³-hybridized carbons (Fsp3) is 0.294. The van der Waals surface area contributed by atoms with Crippen LogP contribution in [0.2, 0.25) is 5.02 Å². The van der Waals surface area contributed by atoms with Gasteiger partial charge in [-0.25, -0.2) is 0 Å². The summed E-state index contributed by atoms with van der Waals surface area (Å²) in [6, 6.07) is 13.9. The second-order valence-corrected chi connectivity index (χ2v) is 6.25. The number of aryl methyl sites for hydroxylation is 1. The normalized spacial score (nSPS) is 12.0. The molecule has 21 heavy (non-hydrogen) atoms. The number of methoxy groups -OCH3 is 2. The number of hydrogen-bond acceptors (Lipinski definition) is 2. The molecule has 0 bridgehead atoms. The van der Waals surface area contributed by atoms with Gasteiger partial charge in [0.2, 0.25) is 0 Å². The van der Waals surface area contributed by atoms with E-state index in [2.05, 4.69) is 28.1 Å². The fourth-order valence-corrected chi connectivity index (χ4v) is 3.19. The first kappa shape index (κ1) is 16.2. The molecule has 2 aromatic carbocycles. The highest BCUT2D eigenvalue weighted by Gasteiger charge is 2.12. The van der Waals surface area contributed by atoms with Gasteiger partial charge in [-0.1, -0.05) is 45.7 Å². The Morgan fingerprint density at radius 3 is 2.19 bits per heavy atom. The Morgan fingerprint density at radius 2 is 1.62 bits per heavy atom. The molecule has 0 spiro atoms. The van der Waals surface area contributed by atoms with Crippen molar-refractivity contribution in [2.75, 3.05) is 14.2 Å². The molecule has 4 heteroatoms. The number of halogens is 2. The molecule has 0 aliphatic carbocycles. The van der Waals surface area contributed by atoms with E-state index in [0.29, 0.717) is 0 Å². The van der Waals surface area contributed by atoms with Gasteiger partial charge >= 0.3 is 0 Å². The van der Waals surface area contributed by atoms with E-state index < -0.39 is 0 Å². The molecule has 0 aromatic heterocycles. The van der Waals surface area contributed by atoms with Crippen molar-refractivity contribution in [1.29, 1.82) is 0 Å². The summed E-state index contributed by atoms with van der Waals surface area (Å²) < 4.78 is 10.3. The van der Waals surface area contributed by atoms with Crippen LogP contribution in [0.5, 0.6) is 11.5 Å². The van der Waals surface area contributed by atoms with Gasteiger partial charge < -0.3 is 9.47 Å². The van der Waals surface area contributed by atoms with Gasteiger partial charge in [-0.15, -0.1) is 0 Å². The first-order valence-electron chi connectivity index (χ1n) is 6.74. The van der Waals surface area contributed by atoms with E-state index in [1.807, 2.05) is 30.3 Å². The van der Waals surface area contributed by atoms with Crippen LogP contribution in [0.4, 0.5) is 0 Å². The maximum atomic E-state index is 6.30. The van der Waals surface area contributed by atoms with Gasteiger partial charge in [0.25, 0.3) is 0 Å². The SMILES string of the molecule is COc1ccc(CCC(Br)c2ccc(OC)cc2Cl)cc1. The van der Waals surface area contributed by atoms with Gasteiger partial charge in [-0.2, -0.15) is 0 Å². The standard InChI is InChI=1S/C17H18BrClO2/c1-20-13-6-3-12(4-7-13)5-10-16(18)15-9-8-14(21-2)11-17(15)19/h3-4,6-9,11,16H,5,10H2,1-2H3. The van der Waals surface area contributed by atoms with Crippen LogP contribution in [0.15, 0.2) is 42.5 Å². The lowest BCUT2D eigenvalue weighted by Crippen LogP contribution is -1.95. The van der Waals surface area contributed by atoms with Crippen molar-refractivity contribution in [3.63, 3.8) is 0 Å². The van der Waals surface area contributed by atoms with E-state index >= 15 is 0 Å². The summed E-state index contributed by atoms with van der Waals surface area (Å²) in [7, 11) is 3.32. The maximum Gasteiger partial charge on any atom is 0.120 e. The van der Waals surface area contributed by atoms with E-state index in [0.717, 1.165) is 34.9 Å². The molecule has 1 atom stereocenters. The van der Waals surface area contributed by atoms with Crippen LogP contribution >= 0.6 is 27.5 Å². The van der Waals surface area contributed by atoms with Crippen LogP contribution in [0, 0.1) is 0 Å². The summed E-state index contributed by atoms with van der Waals surface area (Å²) in [5.41, 5.74) is 2.37. The highest BCUT2D eigenvalue weighted by atomic mass is 79.9. The quantitative estimate of drug-likeness (QED) is 0.632. The highest BCUT2D eigenvalue weighted by Crippen LogP contribution is 2.35. The molecule has 0 radical (unpaired) electrons. The Morgan fingerprint density at radius 1 is 1.00 bits per heavy atom. The summed E-state index contributed by atoms with van der Waals surface area (Å²) in [6.07, 6.45) is 1.95. The third-order valence-electron chi connectivity index (χ3n) is 3.39. The van der Waals surface area contributed by atoms with Crippen LogP contribution in [0.25, 0.3) is 0 Å². The number of alkyl halides is 1. The van der Waals surface area contributed by atoms with Crippen molar-refractivity contribution in [3.05, 3.63) is 58.6 Å². The molecular weight excluding hydrogens is 352 g/mol. The molecule has 0 aliphatic heterocycles. The van der Waals surface area contributed by atoms with E-state index in [9.17, 15) is 0 Å². The molecule has 0 saturated carbocycles. The van der Waals surface area contributed by atoms with Crippen molar-refractivity contribution in [1.82, 2.24) is 0 Å². The van der Waals surface area contributed by atoms with Gasteiger partial charge in [0.1, 0.15) is 11.5 Å². The summed E-state index contributed by atoms with van der Waals surface area (Å²) in [5, 5.41) is 0.728. The van der Waals surface area contributed by atoms with Gasteiger partial charge in [0.15, 0.2) is 0 Å². The van der Waals surface area contributed by atoms with Gasteiger partial charge in [-0.05, 0) is 48.2 Å². The second kappa shape index (κ2) is 7.71. The molecule has 0 saturated heterocycles. The minimum absolute atomic E-state index is 0.220. The minimum atomic E-state index is 0.220. The first-order chi connectivity index (χ1) is 10.1. The third-order valence-corrected chi connectivity index (χ3v) is 4.67. The van der Waals surface area contributed by atoms with E-state index in [1.165, 1.54) is 5.56 Å². The summed E-state index contributed by atoms with van der Waals surface area (Å²) in [4.78, 5) is 0.220. The molecule has 0 heterocycles. The monoisotopic (exact) mass is 368 g/mol. The first-order valence-corrected chi connectivity index (χ1v) is 8.04. The predicted octanol–water partition coefficient (Wildman–Crippen LogP) is 5.43. The Balaban J connectivity index is 1.99. The zero-order valence-corrected chi connectivity index (χ0v) is 14.4.